The number of benzene rings is 1. The van der Waals surface area contributed by atoms with E-state index in [0.717, 1.165) is 5.56 Å². The van der Waals surface area contributed by atoms with Gasteiger partial charge in [-0.2, -0.15) is 0 Å². The number of ether oxygens (including phenoxy) is 1. The number of likely N-dealkylation sites (tertiary alicyclic amines) is 1. The van der Waals surface area contributed by atoms with Crippen molar-refractivity contribution in [1.29, 1.82) is 0 Å². The fourth-order valence-electron chi connectivity index (χ4n) is 6.47. The molecule has 0 radical (unpaired) electrons. The van der Waals surface area contributed by atoms with Crippen LogP contribution in [0.4, 0.5) is 0 Å². The van der Waals surface area contributed by atoms with Crippen LogP contribution in [0.25, 0.3) is 0 Å². The predicted molar refractivity (Wildman–Crippen MR) is 136 cm³/mol. The molecule has 3 heterocycles. The third-order valence-corrected chi connectivity index (χ3v) is 8.11. The number of nitrogens with zero attached hydrogens (tertiary/aromatic N) is 3. The number of fused-ring (bicyclic) bond motifs is 1. The van der Waals surface area contributed by atoms with Crippen molar-refractivity contribution >= 4 is 17.7 Å². The van der Waals surface area contributed by atoms with Crippen LogP contribution in [0.15, 0.2) is 55.6 Å². The summed E-state index contributed by atoms with van der Waals surface area (Å²) in [7, 11) is 1.69. The van der Waals surface area contributed by atoms with E-state index in [1.807, 2.05) is 37.3 Å². The van der Waals surface area contributed by atoms with Crippen molar-refractivity contribution in [3.8, 4) is 0 Å². The minimum atomic E-state index is -1.13. The Bertz CT molecular complexity index is 1040. The first-order valence-corrected chi connectivity index (χ1v) is 12.6. The van der Waals surface area contributed by atoms with Gasteiger partial charge < -0.3 is 24.5 Å². The lowest BCUT2D eigenvalue weighted by Crippen LogP contribution is -2.58. The summed E-state index contributed by atoms with van der Waals surface area (Å²) in [4.78, 5) is 46.6. The van der Waals surface area contributed by atoms with Crippen molar-refractivity contribution in [2.45, 2.75) is 56.5 Å². The molecule has 3 fully saturated rings. The van der Waals surface area contributed by atoms with E-state index in [2.05, 4.69) is 13.2 Å². The summed E-state index contributed by atoms with van der Waals surface area (Å²) >= 11 is 0. The molecule has 0 aliphatic carbocycles. The van der Waals surface area contributed by atoms with Crippen LogP contribution >= 0.6 is 0 Å². The van der Waals surface area contributed by atoms with Gasteiger partial charge in [0.1, 0.15) is 11.6 Å². The molecule has 1 spiro atoms. The van der Waals surface area contributed by atoms with Crippen molar-refractivity contribution in [1.82, 2.24) is 14.7 Å². The maximum absolute atomic E-state index is 14.3. The molecular formula is C28H37N3O5. The summed E-state index contributed by atoms with van der Waals surface area (Å²) in [6.45, 7) is 11.8. The summed E-state index contributed by atoms with van der Waals surface area (Å²) in [5.41, 5.74) is -1.02. The summed E-state index contributed by atoms with van der Waals surface area (Å²) in [5.74, 6) is -2.25. The average Bonchev–Trinajstić information content (AvgIpc) is 3.44. The molecule has 0 saturated carbocycles. The van der Waals surface area contributed by atoms with Gasteiger partial charge in [-0.05, 0) is 32.3 Å². The van der Waals surface area contributed by atoms with Gasteiger partial charge >= 0.3 is 0 Å². The van der Waals surface area contributed by atoms with Crippen molar-refractivity contribution < 1.29 is 24.2 Å². The van der Waals surface area contributed by atoms with E-state index >= 15 is 0 Å². The van der Waals surface area contributed by atoms with Gasteiger partial charge in [-0.3, -0.25) is 14.4 Å². The largest absolute Gasteiger partial charge is 0.394 e. The molecule has 6 atom stereocenters. The van der Waals surface area contributed by atoms with E-state index < -0.39 is 35.1 Å². The number of amides is 3. The second-order valence-electron chi connectivity index (χ2n) is 10.5. The van der Waals surface area contributed by atoms with E-state index in [-0.39, 0.29) is 24.3 Å². The van der Waals surface area contributed by atoms with Gasteiger partial charge in [-0.25, -0.2) is 0 Å². The SMILES string of the molecule is C=CCN(C)C(=O)[C@H]1[C@H]2C(=O)N([C@H](C)CO)C(C(=O)N(CC=C)Cc3ccccc3)C23CC[C@]1(C)O3. The van der Waals surface area contributed by atoms with Crippen LogP contribution in [0.1, 0.15) is 32.3 Å². The molecule has 2 bridgehead atoms. The lowest BCUT2D eigenvalue weighted by Gasteiger charge is -2.38. The molecule has 0 aromatic heterocycles. The molecule has 3 saturated heterocycles. The predicted octanol–water partition coefficient (Wildman–Crippen LogP) is 1.99. The van der Waals surface area contributed by atoms with Crippen molar-refractivity contribution in [3.05, 3.63) is 61.2 Å². The molecule has 3 aliphatic heterocycles. The van der Waals surface area contributed by atoms with Crippen LogP contribution in [0, 0.1) is 11.8 Å². The van der Waals surface area contributed by atoms with Gasteiger partial charge in [0.25, 0.3) is 0 Å². The Kier molecular flexibility index (Phi) is 7.12. The first kappa shape index (κ1) is 26.1. The molecule has 1 aromatic rings. The zero-order chi connectivity index (χ0) is 26.3. The highest BCUT2D eigenvalue weighted by molar-refractivity contribution is 5.99. The average molecular weight is 496 g/mol. The number of rotatable bonds is 10. The molecular weight excluding hydrogens is 458 g/mol. The van der Waals surface area contributed by atoms with Gasteiger partial charge in [-0.15, -0.1) is 13.2 Å². The lowest BCUT2D eigenvalue weighted by molar-refractivity contribution is -0.156. The number of aliphatic hydroxyl groups is 1. The zero-order valence-corrected chi connectivity index (χ0v) is 21.4. The van der Waals surface area contributed by atoms with E-state index in [1.165, 1.54) is 4.90 Å². The smallest absolute Gasteiger partial charge is 0.249 e. The topological polar surface area (TPSA) is 90.4 Å². The number of carbonyl (C=O) groups excluding carboxylic acids is 3. The summed E-state index contributed by atoms with van der Waals surface area (Å²) in [6, 6.07) is 8.09. The first-order valence-electron chi connectivity index (χ1n) is 12.6. The van der Waals surface area contributed by atoms with Crippen LogP contribution in [0.5, 0.6) is 0 Å². The van der Waals surface area contributed by atoms with Crippen molar-refractivity contribution in [2.75, 3.05) is 26.7 Å². The quantitative estimate of drug-likeness (QED) is 0.502. The number of carbonyl (C=O) groups is 3. The molecule has 8 heteroatoms. The van der Waals surface area contributed by atoms with Gasteiger partial charge in [0, 0.05) is 26.7 Å². The minimum absolute atomic E-state index is 0.186. The van der Waals surface area contributed by atoms with E-state index in [0.29, 0.717) is 32.5 Å². The molecule has 3 aliphatic rings. The van der Waals surface area contributed by atoms with Gasteiger partial charge in [0.2, 0.25) is 17.7 Å². The number of hydrogen-bond acceptors (Lipinski definition) is 5. The minimum Gasteiger partial charge on any atom is -0.394 e. The molecule has 1 aromatic carbocycles. The summed E-state index contributed by atoms with van der Waals surface area (Å²) in [5, 5.41) is 10.0. The molecule has 4 rings (SSSR count). The highest BCUT2D eigenvalue weighted by Crippen LogP contribution is 2.63. The van der Waals surface area contributed by atoms with E-state index in [4.69, 9.17) is 4.74 Å². The Morgan fingerprint density at radius 2 is 1.86 bits per heavy atom. The van der Waals surface area contributed by atoms with E-state index in [1.54, 1.807) is 35.9 Å². The Hall–Kier alpha value is -2.97. The molecule has 194 valence electrons. The summed E-state index contributed by atoms with van der Waals surface area (Å²) < 4.78 is 6.65. The highest BCUT2D eigenvalue weighted by atomic mass is 16.5. The highest BCUT2D eigenvalue weighted by Gasteiger charge is 2.78. The van der Waals surface area contributed by atoms with E-state index in [9.17, 15) is 19.5 Å². The monoisotopic (exact) mass is 495 g/mol. The van der Waals surface area contributed by atoms with Crippen molar-refractivity contribution in [2.24, 2.45) is 11.8 Å². The number of aliphatic hydroxyl groups excluding tert-OH is 1. The zero-order valence-electron chi connectivity index (χ0n) is 21.4. The molecule has 8 nitrogen and oxygen atoms in total. The third kappa shape index (κ3) is 3.96. The maximum Gasteiger partial charge on any atom is 0.249 e. The first-order chi connectivity index (χ1) is 17.1. The Labute approximate surface area is 213 Å². The van der Waals surface area contributed by atoms with Gasteiger partial charge in [0.15, 0.2) is 0 Å². The lowest BCUT2D eigenvalue weighted by atomic mass is 9.66. The third-order valence-electron chi connectivity index (χ3n) is 8.11. The molecule has 36 heavy (non-hydrogen) atoms. The fraction of sp³-hybridized carbons (Fsp3) is 0.536. The standard InChI is InChI=1S/C28H37N3O5/c1-6-15-29(5)24(33)21-22-25(34)31(19(3)18-32)23(28(22)14-13-27(21,4)36-28)26(35)30(16-7-2)17-20-11-9-8-10-12-20/h6-12,19,21-23,32H,1-2,13-18H2,3-5H3/t19-,21-,22+,23?,27+,28?/m1/s1. The molecule has 2 unspecified atom stereocenters. The van der Waals surface area contributed by atoms with Crippen LogP contribution in [0.3, 0.4) is 0 Å². The number of hydrogen-bond donors (Lipinski definition) is 1. The van der Waals surface area contributed by atoms with Crippen LogP contribution in [-0.2, 0) is 25.7 Å². The Balaban J connectivity index is 1.77. The van der Waals surface area contributed by atoms with Crippen LogP contribution < -0.4 is 0 Å². The van der Waals surface area contributed by atoms with Crippen LogP contribution in [0.2, 0.25) is 0 Å². The maximum atomic E-state index is 14.3. The second kappa shape index (κ2) is 9.82. The Morgan fingerprint density at radius 1 is 1.19 bits per heavy atom. The number of likely N-dealkylation sites (N-methyl/N-ethyl adjacent to an activating group) is 1. The normalized spacial score (nSPS) is 31.2. The summed E-state index contributed by atoms with van der Waals surface area (Å²) in [6.07, 6.45) is 4.37. The molecule has 1 N–H and O–H groups in total. The molecule has 3 amide bonds. The van der Waals surface area contributed by atoms with Crippen molar-refractivity contribution in [3.63, 3.8) is 0 Å². The van der Waals surface area contributed by atoms with Gasteiger partial charge in [0.05, 0.1) is 30.1 Å². The van der Waals surface area contributed by atoms with Gasteiger partial charge in [-0.1, -0.05) is 42.5 Å². The fourth-order valence-corrected chi connectivity index (χ4v) is 6.47. The van der Waals surface area contributed by atoms with Crippen LogP contribution in [-0.4, -0.2) is 87.6 Å². The Morgan fingerprint density at radius 3 is 2.47 bits per heavy atom. The second-order valence-corrected chi connectivity index (χ2v) is 10.5.